The highest BCUT2D eigenvalue weighted by atomic mass is 16.5. The summed E-state index contributed by atoms with van der Waals surface area (Å²) in [4.78, 5) is 0. The summed E-state index contributed by atoms with van der Waals surface area (Å²) in [5.41, 5.74) is 0. The highest BCUT2D eigenvalue weighted by Crippen LogP contribution is 2.12. The van der Waals surface area contributed by atoms with Crippen molar-refractivity contribution in [1.29, 1.82) is 0 Å². The third-order valence-corrected chi connectivity index (χ3v) is 0.780. The highest BCUT2D eigenvalue weighted by Gasteiger charge is 2.07. The first-order valence-corrected chi connectivity index (χ1v) is 1.89. The van der Waals surface area contributed by atoms with E-state index in [1.807, 2.05) is 0 Å². The first kappa shape index (κ1) is 3.53. The first-order chi connectivity index (χ1) is 2.93. The van der Waals surface area contributed by atoms with Gasteiger partial charge < -0.3 is 9.84 Å². The van der Waals surface area contributed by atoms with Crippen LogP contribution in [0.4, 0.5) is 0 Å². The van der Waals surface area contributed by atoms with Crippen LogP contribution in [-0.4, -0.2) is 11.7 Å². The molecular formula is C4H6O2. The average Bonchev–Trinajstić information content (AvgIpc) is 1.31. The van der Waals surface area contributed by atoms with Crippen molar-refractivity contribution in [3.8, 4) is 0 Å². The van der Waals surface area contributed by atoms with E-state index in [0.717, 1.165) is 19.3 Å². The molecule has 1 rings (SSSR count). The lowest BCUT2D eigenvalue weighted by atomic mass is 10.3. The molecule has 0 atom stereocenters. The molecule has 0 amide bonds. The minimum Gasteiger partial charge on any atom is -0.512 e. The smallest absolute Gasteiger partial charge is 0.133 e. The fourth-order valence-electron chi connectivity index (χ4n) is 0.322. The van der Waals surface area contributed by atoms with E-state index in [1.54, 1.807) is 0 Å². The van der Waals surface area contributed by atoms with Crippen molar-refractivity contribution in [3.63, 3.8) is 0 Å². The summed E-state index contributed by atoms with van der Waals surface area (Å²) < 4.78 is 4.69. The quantitative estimate of drug-likeness (QED) is 0.442. The molecule has 34 valence electrons. The maximum atomic E-state index is 8.10. The van der Waals surface area contributed by atoms with Crippen molar-refractivity contribution in [2.45, 2.75) is 6.42 Å². The van der Waals surface area contributed by atoms with E-state index in [2.05, 4.69) is 0 Å². The van der Waals surface area contributed by atoms with Gasteiger partial charge in [-0.2, -0.15) is 0 Å². The molecule has 6 heavy (non-hydrogen) atoms. The Kier molecular flexibility index (Phi) is 0.708. The van der Waals surface area contributed by atoms with Crippen molar-refractivity contribution < 1.29 is 9.84 Å². The lowest BCUT2D eigenvalue weighted by Gasteiger charge is -2.16. The molecule has 0 aromatic carbocycles. The van der Waals surface area contributed by atoms with Crippen LogP contribution in [0.25, 0.3) is 0 Å². The number of hydrogen-bond acceptors (Lipinski definition) is 2. The van der Waals surface area contributed by atoms with E-state index in [0.29, 0.717) is 5.76 Å². The van der Waals surface area contributed by atoms with Gasteiger partial charge in [-0.25, -0.2) is 0 Å². The molecule has 0 bridgehead atoms. The molecule has 0 radical (unpaired) electrons. The Labute approximate surface area is 36.0 Å². The predicted molar refractivity (Wildman–Crippen MR) is 21.3 cm³/mol. The molecule has 0 aliphatic carbocycles. The van der Waals surface area contributed by atoms with Crippen LogP contribution in [-0.2, 0) is 4.74 Å². The Hall–Kier alpha value is -0.660. The van der Waals surface area contributed by atoms with Gasteiger partial charge in [0.1, 0.15) is 12.0 Å². The molecule has 1 saturated heterocycles. The summed E-state index contributed by atoms with van der Waals surface area (Å²) in [6.07, 6.45) is 1.90. The van der Waals surface area contributed by atoms with Gasteiger partial charge in [0, 0.05) is 6.42 Å². The maximum absolute atomic E-state index is 8.10. The van der Waals surface area contributed by atoms with Gasteiger partial charge in [-0.3, -0.25) is 0 Å². The zero-order valence-electron chi connectivity index (χ0n) is 3.35. The molecule has 1 N–H and O–H groups in total. The van der Waals surface area contributed by atoms with Gasteiger partial charge in [-0.15, -0.1) is 0 Å². The van der Waals surface area contributed by atoms with E-state index in [1.165, 1.54) is 0 Å². The predicted octanol–water partition coefficient (Wildman–Crippen LogP) is 0.806. The second kappa shape index (κ2) is 1.20. The van der Waals surface area contributed by atoms with Crippen molar-refractivity contribution in [3.05, 3.63) is 12.0 Å². The fraction of sp³-hybridized carbons (Fsp3) is 0.500. The van der Waals surface area contributed by atoms with E-state index in [4.69, 9.17) is 9.84 Å². The van der Waals surface area contributed by atoms with Crippen LogP contribution in [0.2, 0.25) is 0 Å². The van der Waals surface area contributed by atoms with Crippen LogP contribution in [0.5, 0.6) is 0 Å². The van der Waals surface area contributed by atoms with Crippen LogP contribution in [0, 0.1) is 0 Å². The Morgan fingerprint density at radius 1 is 1.83 bits per heavy atom. The molecule has 1 heterocycles. The molecule has 2 heteroatoms. The molecule has 1 fully saturated rings. The summed E-state index contributed by atoms with van der Waals surface area (Å²) in [6.45, 7) is 0.770. The molecule has 1 aliphatic rings. The summed E-state index contributed by atoms with van der Waals surface area (Å²) in [6, 6.07) is 0. The van der Waals surface area contributed by atoms with Crippen LogP contribution >= 0.6 is 0 Å². The molecular weight excluding hydrogens is 80.0 g/mol. The normalized spacial score (nSPS) is 25.7. The van der Waals surface area contributed by atoms with Crippen LogP contribution in [0.3, 0.4) is 0 Å². The minimum atomic E-state index is 0.704. The molecule has 2 nitrogen and oxygen atoms in total. The lowest BCUT2D eigenvalue weighted by Crippen LogP contribution is -2.07. The average molecular weight is 86.1 g/mol. The highest BCUT2D eigenvalue weighted by molar-refractivity contribution is 4.92. The van der Waals surface area contributed by atoms with E-state index in [-0.39, 0.29) is 0 Å². The topological polar surface area (TPSA) is 29.5 Å². The van der Waals surface area contributed by atoms with Gasteiger partial charge in [0.15, 0.2) is 0 Å². The van der Waals surface area contributed by atoms with Crippen molar-refractivity contribution in [2.75, 3.05) is 6.61 Å². The summed E-state index contributed by atoms with van der Waals surface area (Å²) in [7, 11) is 0. The third-order valence-electron chi connectivity index (χ3n) is 0.780. The number of hydrogen-bond donors (Lipinski definition) is 1. The summed E-state index contributed by atoms with van der Waals surface area (Å²) in [5, 5.41) is 8.10. The fourth-order valence-corrected chi connectivity index (χ4v) is 0.322. The SMILES string of the molecule is OC=C1CCO1. The molecule has 0 aromatic rings. The Morgan fingerprint density at radius 2 is 2.50 bits per heavy atom. The summed E-state index contributed by atoms with van der Waals surface area (Å²) in [5.74, 6) is 0.704. The molecule has 0 aromatic heterocycles. The van der Waals surface area contributed by atoms with Gasteiger partial charge in [0.25, 0.3) is 0 Å². The molecule has 0 unspecified atom stereocenters. The number of ether oxygens (including phenoxy) is 1. The molecule has 1 aliphatic heterocycles. The van der Waals surface area contributed by atoms with Gasteiger partial charge in [0.2, 0.25) is 0 Å². The zero-order valence-corrected chi connectivity index (χ0v) is 3.35. The van der Waals surface area contributed by atoms with E-state index >= 15 is 0 Å². The third kappa shape index (κ3) is 0.339. The second-order valence-electron chi connectivity index (χ2n) is 1.19. The van der Waals surface area contributed by atoms with Crippen molar-refractivity contribution >= 4 is 0 Å². The van der Waals surface area contributed by atoms with Crippen LogP contribution in [0.15, 0.2) is 12.0 Å². The van der Waals surface area contributed by atoms with Gasteiger partial charge in [-0.1, -0.05) is 0 Å². The monoisotopic (exact) mass is 86.0 g/mol. The lowest BCUT2D eigenvalue weighted by molar-refractivity contribution is 0.108. The largest absolute Gasteiger partial charge is 0.512 e. The van der Waals surface area contributed by atoms with E-state index < -0.39 is 0 Å². The molecule has 0 spiro atoms. The van der Waals surface area contributed by atoms with Crippen LogP contribution in [0.1, 0.15) is 6.42 Å². The summed E-state index contributed by atoms with van der Waals surface area (Å²) >= 11 is 0. The molecule has 0 saturated carbocycles. The number of aliphatic hydroxyl groups excluding tert-OH is 1. The maximum Gasteiger partial charge on any atom is 0.133 e. The number of aliphatic hydroxyl groups is 1. The number of rotatable bonds is 0. The van der Waals surface area contributed by atoms with Crippen molar-refractivity contribution in [2.24, 2.45) is 0 Å². The van der Waals surface area contributed by atoms with Gasteiger partial charge in [0.05, 0.1) is 6.61 Å². The Balaban J connectivity index is 2.34. The second-order valence-corrected chi connectivity index (χ2v) is 1.19. The minimum absolute atomic E-state index is 0.704. The van der Waals surface area contributed by atoms with Crippen molar-refractivity contribution in [1.82, 2.24) is 0 Å². The van der Waals surface area contributed by atoms with Gasteiger partial charge in [-0.05, 0) is 0 Å². The Bertz CT molecular complexity index is 69.6. The van der Waals surface area contributed by atoms with Crippen LogP contribution < -0.4 is 0 Å². The van der Waals surface area contributed by atoms with Gasteiger partial charge >= 0.3 is 0 Å². The first-order valence-electron chi connectivity index (χ1n) is 1.89. The standard InChI is InChI=1S/C4H6O2/c5-3-4-1-2-6-4/h3,5H,1-2H2. The zero-order chi connectivity index (χ0) is 4.41. The van der Waals surface area contributed by atoms with E-state index in [9.17, 15) is 0 Å². The Morgan fingerprint density at radius 3 is 2.50 bits per heavy atom.